The highest BCUT2D eigenvalue weighted by Crippen LogP contribution is 2.25. The summed E-state index contributed by atoms with van der Waals surface area (Å²) < 4.78 is 26.2. The summed E-state index contributed by atoms with van der Waals surface area (Å²) in [4.78, 5) is -0.0206. The molecule has 0 unspecified atom stereocenters. The second-order valence-corrected chi connectivity index (χ2v) is 3.21. The molecule has 13 heavy (non-hydrogen) atoms. The Morgan fingerprint density at radius 2 is 2.15 bits per heavy atom. The lowest BCUT2D eigenvalue weighted by Crippen LogP contribution is -1.94. The molecular weight excluding hydrogens is 192 g/mol. The van der Waals surface area contributed by atoms with Gasteiger partial charge in [-0.1, -0.05) is 6.07 Å². The van der Waals surface area contributed by atoms with E-state index in [4.69, 9.17) is 5.26 Å². The summed E-state index contributed by atoms with van der Waals surface area (Å²) in [5.41, 5.74) is 0.244. The van der Waals surface area contributed by atoms with Gasteiger partial charge in [-0.3, -0.25) is 0 Å². The van der Waals surface area contributed by atoms with Crippen LogP contribution in [0.4, 0.5) is 8.78 Å². The van der Waals surface area contributed by atoms with Crippen LogP contribution in [-0.4, -0.2) is 6.26 Å². The van der Waals surface area contributed by atoms with E-state index in [-0.39, 0.29) is 16.9 Å². The molecule has 0 bridgehead atoms. The maximum Gasteiger partial charge on any atom is 0.143 e. The first kappa shape index (κ1) is 10.0. The first-order chi connectivity index (χ1) is 6.20. The van der Waals surface area contributed by atoms with Crippen LogP contribution >= 0.6 is 11.8 Å². The van der Waals surface area contributed by atoms with Crippen LogP contribution in [0.3, 0.4) is 0 Å². The van der Waals surface area contributed by atoms with Gasteiger partial charge in [0.15, 0.2) is 0 Å². The summed E-state index contributed by atoms with van der Waals surface area (Å²) in [5.74, 6) is -1.19. The summed E-state index contributed by atoms with van der Waals surface area (Å²) in [7, 11) is 0. The zero-order valence-corrected chi connectivity index (χ0v) is 7.79. The molecule has 0 saturated carbocycles. The van der Waals surface area contributed by atoms with Crippen molar-refractivity contribution in [3.8, 4) is 6.07 Å². The van der Waals surface area contributed by atoms with Crippen molar-refractivity contribution in [2.45, 2.75) is 11.3 Å². The van der Waals surface area contributed by atoms with Crippen LogP contribution in [0.2, 0.25) is 0 Å². The molecule has 0 atom stereocenters. The molecule has 68 valence electrons. The molecular formula is C9H7F2NS. The zero-order valence-electron chi connectivity index (χ0n) is 6.97. The van der Waals surface area contributed by atoms with E-state index in [0.717, 1.165) is 11.8 Å². The number of hydrogen-bond donors (Lipinski definition) is 0. The fraction of sp³-hybridized carbons (Fsp3) is 0.222. The highest BCUT2D eigenvalue weighted by atomic mass is 32.2. The van der Waals surface area contributed by atoms with Crippen molar-refractivity contribution in [2.75, 3.05) is 6.26 Å². The Kier molecular flexibility index (Phi) is 3.26. The van der Waals surface area contributed by atoms with E-state index in [9.17, 15) is 8.78 Å². The quantitative estimate of drug-likeness (QED) is 0.684. The van der Waals surface area contributed by atoms with Crippen molar-refractivity contribution in [3.63, 3.8) is 0 Å². The van der Waals surface area contributed by atoms with Gasteiger partial charge >= 0.3 is 0 Å². The van der Waals surface area contributed by atoms with E-state index in [2.05, 4.69) is 0 Å². The molecule has 0 aliphatic heterocycles. The predicted molar refractivity (Wildman–Crippen MR) is 47.5 cm³/mol. The number of benzene rings is 1. The van der Waals surface area contributed by atoms with E-state index in [0.29, 0.717) is 0 Å². The van der Waals surface area contributed by atoms with E-state index in [1.807, 2.05) is 6.07 Å². The van der Waals surface area contributed by atoms with Gasteiger partial charge in [-0.15, -0.1) is 11.8 Å². The van der Waals surface area contributed by atoms with Crippen molar-refractivity contribution in [1.29, 1.82) is 5.26 Å². The lowest BCUT2D eigenvalue weighted by molar-refractivity contribution is 0.533. The van der Waals surface area contributed by atoms with E-state index < -0.39 is 11.6 Å². The first-order valence-electron chi connectivity index (χ1n) is 3.58. The van der Waals surface area contributed by atoms with Crippen LogP contribution in [0.1, 0.15) is 5.56 Å². The minimum Gasteiger partial charge on any atom is -0.206 e. The second kappa shape index (κ2) is 4.24. The van der Waals surface area contributed by atoms with Crippen molar-refractivity contribution >= 4 is 11.8 Å². The summed E-state index contributed by atoms with van der Waals surface area (Å²) in [6.07, 6.45) is 1.57. The standard InChI is InChI=1S/C9H7F2NS/c1-13-9-7(10)3-2-6(4-5-12)8(9)11/h2-3H,4H2,1H3. The third-order valence-electron chi connectivity index (χ3n) is 1.60. The van der Waals surface area contributed by atoms with Crippen molar-refractivity contribution < 1.29 is 8.78 Å². The van der Waals surface area contributed by atoms with Crippen LogP contribution in [0, 0.1) is 23.0 Å². The molecule has 4 heteroatoms. The molecule has 1 nitrogen and oxygen atoms in total. The van der Waals surface area contributed by atoms with Gasteiger partial charge in [0.25, 0.3) is 0 Å². The van der Waals surface area contributed by atoms with Crippen LogP contribution in [0.5, 0.6) is 0 Å². The lowest BCUT2D eigenvalue weighted by Gasteiger charge is -2.04. The van der Waals surface area contributed by atoms with E-state index in [1.165, 1.54) is 12.1 Å². The van der Waals surface area contributed by atoms with Crippen LogP contribution in [0.15, 0.2) is 17.0 Å². The predicted octanol–water partition coefficient (Wildman–Crippen LogP) is 2.75. The van der Waals surface area contributed by atoms with Gasteiger partial charge in [-0.25, -0.2) is 8.78 Å². The molecule has 0 amide bonds. The number of rotatable bonds is 2. The number of nitriles is 1. The second-order valence-electron chi connectivity index (χ2n) is 2.39. The summed E-state index contributed by atoms with van der Waals surface area (Å²) in [5, 5.41) is 8.36. The number of nitrogens with zero attached hydrogens (tertiary/aromatic N) is 1. The molecule has 0 aliphatic carbocycles. The molecule has 0 aromatic heterocycles. The topological polar surface area (TPSA) is 23.8 Å². The average molecular weight is 199 g/mol. The summed E-state index contributed by atoms with van der Waals surface area (Å²) >= 11 is 1.00. The smallest absolute Gasteiger partial charge is 0.143 e. The third-order valence-corrected chi connectivity index (χ3v) is 2.39. The Morgan fingerprint density at radius 1 is 1.46 bits per heavy atom. The highest BCUT2D eigenvalue weighted by molar-refractivity contribution is 7.98. The van der Waals surface area contributed by atoms with Gasteiger partial charge in [-0.05, 0) is 12.3 Å². The Morgan fingerprint density at radius 3 is 2.69 bits per heavy atom. The molecule has 0 aliphatic rings. The fourth-order valence-corrected chi connectivity index (χ4v) is 1.56. The minimum atomic E-state index is -0.617. The van der Waals surface area contributed by atoms with E-state index in [1.54, 1.807) is 6.26 Å². The van der Waals surface area contributed by atoms with Crippen LogP contribution in [0.25, 0.3) is 0 Å². The van der Waals surface area contributed by atoms with Crippen LogP contribution in [-0.2, 0) is 6.42 Å². The first-order valence-corrected chi connectivity index (χ1v) is 4.81. The van der Waals surface area contributed by atoms with Gasteiger partial charge in [0.05, 0.1) is 17.4 Å². The zero-order chi connectivity index (χ0) is 9.84. The third kappa shape index (κ3) is 1.99. The monoisotopic (exact) mass is 199 g/mol. The average Bonchev–Trinajstić information content (AvgIpc) is 2.11. The van der Waals surface area contributed by atoms with Crippen molar-refractivity contribution in [3.05, 3.63) is 29.3 Å². The Labute approximate surface area is 79.4 Å². The Bertz CT molecular complexity index is 357. The van der Waals surface area contributed by atoms with Gasteiger partial charge < -0.3 is 0 Å². The van der Waals surface area contributed by atoms with Gasteiger partial charge in [0.1, 0.15) is 11.6 Å². The maximum atomic E-state index is 13.3. The molecule has 0 radical (unpaired) electrons. The Hall–Kier alpha value is -1.08. The summed E-state index contributed by atoms with van der Waals surface area (Å²) in [6, 6.07) is 4.31. The fourth-order valence-electron chi connectivity index (χ4n) is 0.982. The summed E-state index contributed by atoms with van der Waals surface area (Å²) in [6.45, 7) is 0. The van der Waals surface area contributed by atoms with Gasteiger partial charge in [-0.2, -0.15) is 5.26 Å². The number of thioether (sulfide) groups is 1. The molecule has 1 aromatic rings. The number of hydrogen-bond acceptors (Lipinski definition) is 2. The van der Waals surface area contributed by atoms with Crippen LogP contribution < -0.4 is 0 Å². The largest absolute Gasteiger partial charge is 0.206 e. The maximum absolute atomic E-state index is 13.3. The van der Waals surface area contributed by atoms with Crippen molar-refractivity contribution in [1.82, 2.24) is 0 Å². The SMILES string of the molecule is CSc1c(F)ccc(CC#N)c1F. The molecule has 0 fully saturated rings. The van der Waals surface area contributed by atoms with Gasteiger partial charge in [0.2, 0.25) is 0 Å². The Balaban J connectivity index is 3.21. The minimum absolute atomic E-state index is 0.0206. The normalized spacial score (nSPS) is 9.69. The van der Waals surface area contributed by atoms with E-state index >= 15 is 0 Å². The molecule has 0 spiro atoms. The molecule has 0 saturated heterocycles. The highest BCUT2D eigenvalue weighted by Gasteiger charge is 2.11. The molecule has 0 heterocycles. The molecule has 1 aromatic carbocycles. The molecule has 0 N–H and O–H groups in total. The molecule has 1 rings (SSSR count). The van der Waals surface area contributed by atoms with Gasteiger partial charge in [0, 0.05) is 5.56 Å². The van der Waals surface area contributed by atoms with Crippen molar-refractivity contribution in [2.24, 2.45) is 0 Å². The lowest BCUT2D eigenvalue weighted by atomic mass is 10.1. The number of halogens is 2.